The van der Waals surface area contributed by atoms with Crippen LogP contribution in [0.4, 0.5) is 4.79 Å². The summed E-state index contributed by atoms with van der Waals surface area (Å²) in [7, 11) is 0. The Balaban J connectivity index is 2.03. The number of nitrogens with one attached hydrogen (secondary N) is 2. The number of carboxylic acids is 1. The minimum atomic E-state index is -1.25. The average Bonchev–Trinajstić information content (AvgIpc) is 2.93. The summed E-state index contributed by atoms with van der Waals surface area (Å²) in [6.45, 7) is 4.96. The zero-order valence-electron chi connectivity index (χ0n) is 14.2. The van der Waals surface area contributed by atoms with E-state index in [1.807, 2.05) is 0 Å². The number of fused-ring (bicyclic) bond motifs is 1. The molecule has 0 radical (unpaired) electrons. The molecule has 2 atom stereocenters. The number of aromatic nitrogens is 1. The lowest BCUT2D eigenvalue weighted by Crippen LogP contribution is -2.38. The van der Waals surface area contributed by atoms with Crippen LogP contribution in [0.1, 0.15) is 42.9 Å². The van der Waals surface area contributed by atoms with Crippen LogP contribution in [0.25, 0.3) is 10.9 Å². The normalized spacial score (nSPS) is 14.1. The van der Waals surface area contributed by atoms with Gasteiger partial charge in [0.1, 0.15) is 23.5 Å². The number of aromatic amines is 1. The van der Waals surface area contributed by atoms with Gasteiger partial charge in [0.05, 0.1) is 0 Å². The van der Waals surface area contributed by atoms with Crippen molar-refractivity contribution in [3.05, 3.63) is 35.5 Å². The highest BCUT2D eigenvalue weighted by atomic mass is 16.6. The molecule has 2 unspecified atom stereocenters. The van der Waals surface area contributed by atoms with Crippen LogP contribution >= 0.6 is 0 Å². The molecule has 8 nitrogen and oxygen atoms in total. The van der Waals surface area contributed by atoms with Crippen molar-refractivity contribution >= 4 is 23.0 Å². The van der Waals surface area contributed by atoms with E-state index in [-0.39, 0.29) is 12.2 Å². The summed E-state index contributed by atoms with van der Waals surface area (Å²) in [5.74, 6) is -1.08. The van der Waals surface area contributed by atoms with E-state index in [9.17, 15) is 19.8 Å². The fourth-order valence-electron chi connectivity index (χ4n) is 2.29. The Hall–Kier alpha value is -2.58. The first-order valence-electron chi connectivity index (χ1n) is 7.76. The van der Waals surface area contributed by atoms with Crippen LogP contribution < -0.4 is 5.32 Å². The van der Waals surface area contributed by atoms with Gasteiger partial charge in [-0.1, -0.05) is 6.07 Å². The zero-order chi connectivity index (χ0) is 18.8. The third-order valence-electron chi connectivity index (χ3n) is 3.44. The molecule has 5 N–H and O–H groups in total. The van der Waals surface area contributed by atoms with Gasteiger partial charge in [-0.15, -0.1) is 0 Å². The number of amides is 1. The number of H-pyrrole nitrogens is 1. The lowest BCUT2D eigenvalue weighted by molar-refractivity contribution is 0.0130. The number of ether oxygens (including phenoxy) is 1. The first-order valence-corrected chi connectivity index (χ1v) is 7.76. The number of aromatic carboxylic acids is 1. The van der Waals surface area contributed by atoms with E-state index in [0.29, 0.717) is 16.5 Å². The molecule has 0 saturated heterocycles. The molecule has 1 amide bonds. The van der Waals surface area contributed by atoms with Crippen LogP contribution in [-0.4, -0.2) is 50.6 Å². The predicted octanol–water partition coefficient (Wildman–Crippen LogP) is 1.79. The third kappa shape index (κ3) is 4.94. The second-order valence-electron chi connectivity index (χ2n) is 6.73. The van der Waals surface area contributed by atoms with Crippen molar-refractivity contribution < 1.29 is 29.6 Å². The zero-order valence-corrected chi connectivity index (χ0v) is 14.2. The molecule has 0 bridgehead atoms. The molecular weight excluding hydrogens is 328 g/mol. The van der Waals surface area contributed by atoms with Gasteiger partial charge in [-0.25, -0.2) is 9.59 Å². The van der Waals surface area contributed by atoms with Gasteiger partial charge in [-0.2, -0.15) is 0 Å². The van der Waals surface area contributed by atoms with Crippen LogP contribution in [0.5, 0.6) is 0 Å². The molecule has 1 aromatic carbocycles. The van der Waals surface area contributed by atoms with Crippen molar-refractivity contribution in [2.24, 2.45) is 0 Å². The molecule has 0 aliphatic rings. The van der Waals surface area contributed by atoms with Gasteiger partial charge in [0, 0.05) is 17.4 Å². The molecule has 0 spiro atoms. The topological polar surface area (TPSA) is 132 Å². The Labute approximate surface area is 144 Å². The molecular formula is C17H22N2O6. The maximum atomic E-state index is 11.6. The van der Waals surface area contributed by atoms with Crippen LogP contribution in [0.2, 0.25) is 0 Å². The summed E-state index contributed by atoms with van der Waals surface area (Å²) >= 11 is 0. The average molecular weight is 350 g/mol. The Morgan fingerprint density at radius 1 is 1.24 bits per heavy atom. The van der Waals surface area contributed by atoms with Gasteiger partial charge in [0.15, 0.2) is 0 Å². The molecule has 25 heavy (non-hydrogen) atoms. The van der Waals surface area contributed by atoms with E-state index in [1.165, 1.54) is 6.07 Å². The summed E-state index contributed by atoms with van der Waals surface area (Å²) in [5, 5.41) is 32.3. The molecule has 0 saturated carbocycles. The molecule has 0 aliphatic heterocycles. The first kappa shape index (κ1) is 18.8. The van der Waals surface area contributed by atoms with Gasteiger partial charge >= 0.3 is 12.1 Å². The van der Waals surface area contributed by atoms with Crippen LogP contribution in [0.3, 0.4) is 0 Å². The van der Waals surface area contributed by atoms with Crippen molar-refractivity contribution in [3.63, 3.8) is 0 Å². The number of aliphatic hydroxyl groups excluding tert-OH is 2. The lowest BCUT2D eigenvalue weighted by atomic mass is 10.0. The number of rotatable bonds is 5. The standard InChI is InChI=1S/C17H22N2O6/c1-17(2,3)25-16(24)18-8-13(20)14(21)9-4-5-11-10(6-9)7-12(19-11)15(22)23/h4-7,13-14,19-21H,8H2,1-3H3,(H,18,24)(H,22,23). The fraction of sp³-hybridized carbons (Fsp3) is 0.412. The van der Waals surface area contributed by atoms with E-state index < -0.39 is 29.9 Å². The number of carbonyl (C=O) groups excluding carboxylic acids is 1. The van der Waals surface area contributed by atoms with Crippen molar-refractivity contribution in [2.75, 3.05) is 6.54 Å². The second kappa shape index (κ2) is 7.12. The summed E-state index contributed by atoms with van der Waals surface area (Å²) in [6, 6.07) is 6.22. The summed E-state index contributed by atoms with van der Waals surface area (Å²) < 4.78 is 5.05. The molecule has 8 heteroatoms. The van der Waals surface area contributed by atoms with Crippen molar-refractivity contribution in [1.82, 2.24) is 10.3 Å². The van der Waals surface area contributed by atoms with Gasteiger partial charge in [-0.05, 0) is 44.5 Å². The van der Waals surface area contributed by atoms with Gasteiger partial charge in [0.2, 0.25) is 0 Å². The number of carbonyl (C=O) groups is 2. The van der Waals surface area contributed by atoms with Crippen LogP contribution in [0, 0.1) is 0 Å². The SMILES string of the molecule is CC(C)(C)OC(=O)NCC(O)C(O)c1ccc2[nH]c(C(=O)O)cc2c1. The Morgan fingerprint density at radius 3 is 2.52 bits per heavy atom. The minimum Gasteiger partial charge on any atom is -0.477 e. The maximum Gasteiger partial charge on any atom is 0.407 e. The summed E-state index contributed by atoms with van der Waals surface area (Å²) in [4.78, 5) is 25.3. The van der Waals surface area contributed by atoms with Crippen LogP contribution in [-0.2, 0) is 4.74 Å². The van der Waals surface area contributed by atoms with Gasteiger partial charge < -0.3 is 30.4 Å². The first-order chi connectivity index (χ1) is 11.6. The highest BCUT2D eigenvalue weighted by Gasteiger charge is 2.22. The number of hydrogen-bond acceptors (Lipinski definition) is 5. The largest absolute Gasteiger partial charge is 0.477 e. The Kier molecular flexibility index (Phi) is 5.34. The number of hydrogen-bond donors (Lipinski definition) is 5. The number of carboxylic acid groups (broad SMARTS) is 1. The maximum absolute atomic E-state index is 11.6. The number of alkyl carbamates (subject to hydrolysis) is 1. The third-order valence-corrected chi connectivity index (χ3v) is 3.44. The summed E-state index contributed by atoms with van der Waals surface area (Å²) in [6.07, 6.45) is -3.18. The Bertz CT molecular complexity index is 777. The second-order valence-corrected chi connectivity index (χ2v) is 6.73. The Morgan fingerprint density at radius 2 is 1.92 bits per heavy atom. The highest BCUT2D eigenvalue weighted by Crippen LogP contribution is 2.23. The van der Waals surface area contributed by atoms with Gasteiger partial charge in [0.25, 0.3) is 0 Å². The van der Waals surface area contributed by atoms with E-state index in [4.69, 9.17) is 9.84 Å². The number of aliphatic hydroxyl groups is 2. The predicted molar refractivity (Wildman–Crippen MR) is 90.5 cm³/mol. The highest BCUT2D eigenvalue weighted by molar-refractivity contribution is 5.93. The molecule has 0 fully saturated rings. The molecule has 0 aliphatic carbocycles. The molecule has 136 valence electrons. The molecule has 2 aromatic rings. The smallest absolute Gasteiger partial charge is 0.407 e. The lowest BCUT2D eigenvalue weighted by Gasteiger charge is -2.22. The van der Waals surface area contributed by atoms with E-state index in [0.717, 1.165) is 0 Å². The van der Waals surface area contributed by atoms with E-state index in [1.54, 1.807) is 39.0 Å². The molecule has 2 rings (SSSR count). The van der Waals surface area contributed by atoms with Crippen LogP contribution in [0.15, 0.2) is 24.3 Å². The number of benzene rings is 1. The van der Waals surface area contributed by atoms with Crippen molar-refractivity contribution in [2.45, 2.75) is 38.6 Å². The molecule has 1 heterocycles. The monoisotopic (exact) mass is 350 g/mol. The van der Waals surface area contributed by atoms with Gasteiger partial charge in [-0.3, -0.25) is 0 Å². The van der Waals surface area contributed by atoms with Crippen molar-refractivity contribution in [1.29, 1.82) is 0 Å². The minimum absolute atomic E-state index is 0.0359. The quantitative estimate of drug-likeness (QED) is 0.558. The van der Waals surface area contributed by atoms with E-state index >= 15 is 0 Å². The summed E-state index contributed by atoms with van der Waals surface area (Å²) in [5.41, 5.74) is 0.389. The van der Waals surface area contributed by atoms with Crippen molar-refractivity contribution in [3.8, 4) is 0 Å². The fourth-order valence-corrected chi connectivity index (χ4v) is 2.29. The molecule has 1 aromatic heterocycles. The van der Waals surface area contributed by atoms with E-state index in [2.05, 4.69) is 10.3 Å².